The van der Waals surface area contributed by atoms with Gasteiger partial charge in [-0.25, -0.2) is 0 Å². The highest BCUT2D eigenvalue weighted by Gasteiger charge is 2.28. The van der Waals surface area contributed by atoms with E-state index in [0.717, 1.165) is 31.0 Å². The van der Waals surface area contributed by atoms with E-state index in [1.807, 2.05) is 12.1 Å². The van der Waals surface area contributed by atoms with Crippen LogP contribution >= 0.6 is 0 Å². The van der Waals surface area contributed by atoms with Gasteiger partial charge in [0.25, 0.3) is 0 Å². The van der Waals surface area contributed by atoms with Crippen LogP contribution in [0, 0.1) is 0 Å². The number of hydrogen-bond acceptors (Lipinski definition) is 3. The zero-order chi connectivity index (χ0) is 15.4. The van der Waals surface area contributed by atoms with E-state index in [9.17, 15) is 0 Å². The van der Waals surface area contributed by atoms with Crippen LogP contribution in [-0.2, 0) is 6.54 Å². The first-order valence-corrected chi connectivity index (χ1v) is 7.81. The van der Waals surface area contributed by atoms with Crippen LogP contribution in [0.25, 0.3) is 0 Å². The van der Waals surface area contributed by atoms with Gasteiger partial charge in [-0.15, -0.1) is 0 Å². The van der Waals surface area contributed by atoms with Crippen LogP contribution in [0.3, 0.4) is 0 Å². The number of likely N-dealkylation sites (tertiary alicyclic amines) is 1. The molecule has 3 nitrogen and oxygen atoms in total. The van der Waals surface area contributed by atoms with E-state index < -0.39 is 0 Å². The minimum Gasteiger partial charge on any atom is -0.497 e. The van der Waals surface area contributed by atoms with Crippen LogP contribution < -0.4 is 9.47 Å². The summed E-state index contributed by atoms with van der Waals surface area (Å²) in [6.07, 6.45) is 2.38. The zero-order valence-corrected chi connectivity index (χ0v) is 13.3. The molecule has 3 heteroatoms. The minimum absolute atomic E-state index is 0.394. The summed E-state index contributed by atoms with van der Waals surface area (Å²) in [5.74, 6) is 1.84. The molecule has 1 saturated heterocycles. The van der Waals surface area contributed by atoms with E-state index in [2.05, 4.69) is 41.3 Å². The molecule has 0 N–H and O–H groups in total. The summed E-state index contributed by atoms with van der Waals surface area (Å²) in [6.45, 7) is 2.10. The van der Waals surface area contributed by atoms with Gasteiger partial charge in [-0.2, -0.15) is 0 Å². The third-order valence-electron chi connectivity index (χ3n) is 4.39. The molecule has 116 valence electrons. The first-order chi connectivity index (χ1) is 10.8. The maximum atomic E-state index is 5.57. The van der Waals surface area contributed by atoms with E-state index in [1.54, 1.807) is 14.2 Å². The Kier molecular flexibility index (Phi) is 4.64. The van der Waals surface area contributed by atoms with Crippen molar-refractivity contribution in [1.82, 2.24) is 4.90 Å². The highest BCUT2D eigenvalue weighted by Crippen LogP contribution is 2.39. The number of nitrogens with zero attached hydrogens (tertiary/aromatic N) is 1. The molecular formula is C19H23NO2. The van der Waals surface area contributed by atoms with Crippen molar-refractivity contribution in [2.24, 2.45) is 0 Å². The van der Waals surface area contributed by atoms with Gasteiger partial charge in [0.1, 0.15) is 11.5 Å². The third kappa shape index (κ3) is 3.09. The molecule has 0 spiro atoms. The van der Waals surface area contributed by atoms with Crippen molar-refractivity contribution >= 4 is 0 Å². The number of ether oxygens (including phenoxy) is 2. The van der Waals surface area contributed by atoms with Gasteiger partial charge in [-0.1, -0.05) is 30.3 Å². The second-order valence-corrected chi connectivity index (χ2v) is 5.72. The van der Waals surface area contributed by atoms with Gasteiger partial charge in [0, 0.05) is 18.2 Å². The summed E-state index contributed by atoms with van der Waals surface area (Å²) in [7, 11) is 3.45. The van der Waals surface area contributed by atoms with Gasteiger partial charge in [-0.05, 0) is 43.1 Å². The summed E-state index contributed by atoms with van der Waals surface area (Å²) in [5.41, 5.74) is 2.59. The molecule has 3 rings (SSSR count). The molecule has 0 aliphatic carbocycles. The minimum atomic E-state index is 0.394. The number of rotatable bonds is 5. The van der Waals surface area contributed by atoms with Gasteiger partial charge in [0.15, 0.2) is 0 Å². The lowest BCUT2D eigenvalue weighted by Gasteiger charge is -2.26. The van der Waals surface area contributed by atoms with Gasteiger partial charge in [0.05, 0.1) is 14.2 Å². The van der Waals surface area contributed by atoms with Crippen molar-refractivity contribution in [3.63, 3.8) is 0 Å². The standard InChI is InChI=1S/C19H23NO2/c1-21-16-10-11-19(22-2)17(13-16)18-9-6-12-20(18)14-15-7-4-3-5-8-15/h3-5,7-8,10-11,13,18H,6,9,12,14H2,1-2H3. The molecule has 0 saturated carbocycles. The summed E-state index contributed by atoms with van der Waals surface area (Å²) in [5, 5.41) is 0. The fourth-order valence-electron chi connectivity index (χ4n) is 3.29. The predicted molar refractivity (Wildman–Crippen MR) is 88.4 cm³/mol. The Labute approximate surface area is 132 Å². The van der Waals surface area contributed by atoms with Crippen LogP contribution in [0.5, 0.6) is 11.5 Å². The second kappa shape index (κ2) is 6.84. The molecule has 1 unspecified atom stereocenters. The molecule has 0 bridgehead atoms. The van der Waals surface area contributed by atoms with Crippen LogP contribution in [0.4, 0.5) is 0 Å². The van der Waals surface area contributed by atoms with Crippen LogP contribution in [0.1, 0.15) is 30.0 Å². The quantitative estimate of drug-likeness (QED) is 0.831. The first-order valence-electron chi connectivity index (χ1n) is 7.81. The van der Waals surface area contributed by atoms with E-state index >= 15 is 0 Å². The molecule has 1 heterocycles. The summed E-state index contributed by atoms with van der Waals surface area (Å²) in [4.78, 5) is 2.53. The highest BCUT2D eigenvalue weighted by atomic mass is 16.5. The summed E-state index contributed by atoms with van der Waals surface area (Å²) in [6, 6.07) is 17.1. The Hall–Kier alpha value is -2.00. The third-order valence-corrected chi connectivity index (χ3v) is 4.39. The Morgan fingerprint density at radius 3 is 2.59 bits per heavy atom. The largest absolute Gasteiger partial charge is 0.497 e. The summed E-state index contributed by atoms with van der Waals surface area (Å²) >= 11 is 0. The Morgan fingerprint density at radius 2 is 1.86 bits per heavy atom. The predicted octanol–water partition coefficient (Wildman–Crippen LogP) is 4.04. The molecule has 22 heavy (non-hydrogen) atoms. The van der Waals surface area contributed by atoms with E-state index in [0.29, 0.717) is 6.04 Å². The normalized spacial score (nSPS) is 18.4. The maximum absolute atomic E-state index is 5.57. The lowest BCUT2D eigenvalue weighted by molar-refractivity contribution is 0.242. The first kappa shape index (κ1) is 14.9. The van der Waals surface area contributed by atoms with Gasteiger partial charge in [0.2, 0.25) is 0 Å². The molecule has 0 aromatic heterocycles. The Balaban J connectivity index is 1.86. The average Bonchev–Trinajstić information content (AvgIpc) is 3.03. The molecule has 0 radical (unpaired) electrons. The molecule has 2 aromatic carbocycles. The molecule has 1 aliphatic rings. The monoisotopic (exact) mass is 297 g/mol. The highest BCUT2D eigenvalue weighted by molar-refractivity contribution is 5.42. The van der Waals surface area contributed by atoms with Gasteiger partial charge in [-0.3, -0.25) is 4.90 Å². The molecule has 1 fully saturated rings. The smallest absolute Gasteiger partial charge is 0.123 e. The summed E-state index contributed by atoms with van der Waals surface area (Å²) < 4.78 is 11.0. The topological polar surface area (TPSA) is 21.7 Å². The average molecular weight is 297 g/mol. The fourth-order valence-corrected chi connectivity index (χ4v) is 3.29. The number of hydrogen-bond donors (Lipinski definition) is 0. The van der Waals surface area contributed by atoms with Gasteiger partial charge >= 0.3 is 0 Å². The van der Waals surface area contributed by atoms with Crippen molar-refractivity contribution in [1.29, 1.82) is 0 Å². The zero-order valence-electron chi connectivity index (χ0n) is 13.3. The van der Waals surface area contributed by atoms with E-state index in [4.69, 9.17) is 9.47 Å². The van der Waals surface area contributed by atoms with Crippen LogP contribution in [0.15, 0.2) is 48.5 Å². The lowest BCUT2D eigenvalue weighted by atomic mass is 10.0. The van der Waals surface area contributed by atoms with Crippen molar-refractivity contribution in [2.75, 3.05) is 20.8 Å². The van der Waals surface area contributed by atoms with Crippen molar-refractivity contribution in [2.45, 2.75) is 25.4 Å². The lowest BCUT2D eigenvalue weighted by Crippen LogP contribution is -2.23. The number of methoxy groups -OCH3 is 2. The molecule has 2 aromatic rings. The Bertz CT molecular complexity index is 612. The maximum Gasteiger partial charge on any atom is 0.123 e. The van der Waals surface area contributed by atoms with Crippen molar-refractivity contribution < 1.29 is 9.47 Å². The van der Waals surface area contributed by atoms with Crippen LogP contribution in [0.2, 0.25) is 0 Å². The fraction of sp³-hybridized carbons (Fsp3) is 0.368. The van der Waals surface area contributed by atoms with E-state index in [-0.39, 0.29) is 0 Å². The SMILES string of the molecule is COc1ccc(OC)c(C2CCCN2Cc2ccccc2)c1. The van der Waals surface area contributed by atoms with Gasteiger partial charge < -0.3 is 9.47 Å². The number of benzene rings is 2. The van der Waals surface area contributed by atoms with E-state index in [1.165, 1.54) is 17.5 Å². The van der Waals surface area contributed by atoms with Crippen LogP contribution in [-0.4, -0.2) is 25.7 Å². The molecule has 1 atom stereocenters. The molecular weight excluding hydrogens is 274 g/mol. The van der Waals surface area contributed by atoms with Crippen molar-refractivity contribution in [3.05, 3.63) is 59.7 Å². The van der Waals surface area contributed by atoms with Crippen molar-refractivity contribution in [3.8, 4) is 11.5 Å². The second-order valence-electron chi connectivity index (χ2n) is 5.72. The molecule has 0 amide bonds. The Morgan fingerprint density at radius 1 is 1.05 bits per heavy atom. The molecule has 1 aliphatic heterocycles.